The molecule has 3 nitrogen and oxygen atoms in total. The van der Waals surface area contributed by atoms with Crippen molar-refractivity contribution in [3.63, 3.8) is 0 Å². The van der Waals surface area contributed by atoms with E-state index in [1.807, 2.05) is 38.1 Å². The maximum absolute atomic E-state index is 12.0. The van der Waals surface area contributed by atoms with Gasteiger partial charge in [-0.2, -0.15) is 0 Å². The van der Waals surface area contributed by atoms with Gasteiger partial charge in [-0.25, -0.2) is 0 Å². The number of carbonyl (C=O) groups is 1. The molecule has 1 aromatic carbocycles. The molecule has 1 aromatic rings. The molecule has 0 spiro atoms. The summed E-state index contributed by atoms with van der Waals surface area (Å²) in [6, 6.07) is 8.01. The van der Waals surface area contributed by atoms with Crippen molar-refractivity contribution in [1.82, 2.24) is 10.6 Å². The number of rotatable bonds is 3. The fourth-order valence-electron chi connectivity index (χ4n) is 1.84. The Morgan fingerprint density at radius 1 is 1.44 bits per heavy atom. The van der Waals surface area contributed by atoms with Gasteiger partial charge in [0.15, 0.2) is 0 Å². The van der Waals surface area contributed by atoms with Gasteiger partial charge in [0.05, 0.1) is 6.04 Å². The summed E-state index contributed by atoms with van der Waals surface area (Å²) < 4.78 is 1.03. The molecule has 1 heterocycles. The first kappa shape index (κ1) is 13.3. The van der Waals surface area contributed by atoms with Crippen molar-refractivity contribution in [1.29, 1.82) is 0 Å². The zero-order chi connectivity index (χ0) is 13.1. The molecule has 0 radical (unpaired) electrons. The van der Waals surface area contributed by atoms with Crippen molar-refractivity contribution in [2.75, 3.05) is 13.1 Å². The normalized spacial score (nSPS) is 15.8. The minimum Gasteiger partial charge on any atom is -0.346 e. The fourth-order valence-corrected chi connectivity index (χ4v) is 2.26. The third-order valence-corrected chi connectivity index (χ3v) is 3.74. The molecule has 4 heteroatoms. The van der Waals surface area contributed by atoms with E-state index in [0.717, 1.165) is 28.7 Å². The first-order chi connectivity index (χ1) is 8.58. The Kier molecular flexibility index (Phi) is 4.19. The van der Waals surface area contributed by atoms with Crippen LogP contribution >= 0.6 is 15.9 Å². The Bertz CT molecular complexity index is 490. The fraction of sp³-hybridized carbons (Fsp3) is 0.357. The van der Waals surface area contributed by atoms with Crippen LogP contribution in [0.3, 0.4) is 0 Å². The highest BCUT2D eigenvalue weighted by Gasteiger charge is 2.17. The second-order valence-corrected chi connectivity index (χ2v) is 5.50. The Morgan fingerprint density at radius 2 is 2.17 bits per heavy atom. The van der Waals surface area contributed by atoms with Crippen molar-refractivity contribution in [2.24, 2.45) is 0 Å². The molecule has 0 aliphatic carbocycles. The van der Waals surface area contributed by atoms with Gasteiger partial charge in [0.1, 0.15) is 0 Å². The average molecular weight is 309 g/mol. The van der Waals surface area contributed by atoms with E-state index in [4.69, 9.17) is 0 Å². The van der Waals surface area contributed by atoms with E-state index < -0.39 is 0 Å². The van der Waals surface area contributed by atoms with Crippen LogP contribution in [0.5, 0.6) is 0 Å². The Morgan fingerprint density at radius 3 is 2.72 bits per heavy atom. The summed E-state index contributed by atoms with van der Waals surface area (Å²) >= 11 is 3.44. The maximum Gasteiger partial charge on any atom is 0.247 e. The van der Waals surface area contributed by atoms with Crippen LogP contribution < -0.4 is 10.6 Å². The number of halogens is 1. The van der Waals surface area contributed by atoms with Crippen molar-refractivity contribution >= 4 is 21.8 Å². The highest BCUT2D eigenvalue weighted by Crippen LogP contribution is 2.18. The second kappa shape index (κ2) is 5.67. The molecule has 1 aliphatic rings. The summed E-state index contributed by atoms with van der Waals surface area (Å²) in [6.45, 7) is 5.56. The molecule has 1 fully saturated rings. The molecule has 0 unspecified atom stereocenters. The lowest BCUT2D eigenvalue weighted by atomic mass is 10.0. The van der Waals surface area contributed by atoms with Crippen LogP contribution in [0.25, 0.3) is 0 Å². The SMILES string of the molecule is CC(C(=O)N[C@H](C)c1cccc(Br)c1)=C1CNC1. The molecule has 96 valence electrons. The van der Waals surface area contributed by atoms with Gasteiger partial charge < -0.3 is 10.6 Å². The number of hydrogen-bond acceptors (Lipinski definition) is 2. The van der Waals surface area contributed by atoms with E-state index in [0.29, 0.717) is 0 Å². The topological polar surface area (TPSA) is 41.1 Å². The first-order valence-electron chi connectivity index (χ1n) is 6.03. The predicted molar refractivity (Wildman–Crippen MR) is 76.3 cm³/mol. The number of amides is 1. The molecular weight excluding hydrogens is 292 g/mol. The smallest absolute Gasteiger partial charge is 0.247 e. The molecular formula is C14H17BrN2O. The summed E-state index contributed by atoms with van der Waals surface area (Å²) in [5.74, 6) is 0.0268. The standard InChI is InChI=1S/C14H17BrN2O/c1-9(12-7-16-8-12)14(18)17-10(2)11-4-3-5-13(15)6-11/h3-6,10,16H,7-8H2,1-2H3,(H,17,18)/t10-/m1/s1. The molecule has 1 atom stereocenters. The Labute approximate surface area is 116 Å². The zero-order valence-corrected chi connectivity index (χ0v) is 12.2. The van der Waals surface area contributed by atoms with E-state index >= 15 is 0 Å². The molecule has 1 amide bonds. The van der Waals surface area contributed by atoms with Crippen LogP contribution in [0.4, 0.5) is 0 Å². The molecule has 0 bridgehead atoms. The van der Waals surface area contributed by atoms with Gasteiger partial charge >= 0.3 is 0 Å². The van der Waals surface area contributed by atoms with E-state index in [1.165, 1.54) is 5.57 Å². The van der Waals surface area contributed by atoms with Gasteiger partial charge in [-0.15, -0.1) is 0 Å². The predicted octanol–water partition coefficient (Wildman–Crippen LogP) is 2.55. The van der Waals surface area contributed by atoms with Crippen molar-refractivity contribution in [3.8, 4) is 0 Å². The van der Waals surface area contributed by atoms with E-state index in [9.17, 15) is 4.79 Å². The molecule has 2 rings (SSSR count). The monoisotopic (exact) mass is 308 g/mol. The largest absolute Gasteiger partial charge is 0.346 e. The van der Waals surface area contributed by atoms with Crippen LogP contribution in [-0.4, -0.2) is 19.0 Å². The molecule has 0 aromatic heterocycles. The lowest BCUT2D eigenvalue weighted by Gasteiger charge is -2.22. The van der Waals surface area contributed by atoms with Crippen molar-refractivity contribution in [3.05, 3.63) is 45.4 Å². The van der Waals surface area contributed by atoms with Gasteiger partial charge in [0.2, 0.25) is 5.91 Å². The molecule has 0 saturated carbocycles. The van der Waals surface area contributed by atoms with Crippen LogP contribution in [0.1, 0.15) is 25.5 Å². The molecule has 1 saturated heterocycles. The quantitative estimate of drug-likeness (QED) is 0.843. The Hall–Kier alpha value is -1.13. The molecule has 18 heavy (non-hydrogen) atoms. The van der Waals surface area contributed by atoms with Gasteiger partial charge in [0, 0.05) is 23.1 Å². The lowest BCUT2D eigenvalue weighted by Crippen LogP contribution is -2.38. The second-order valence-electron chi connectivity index (χ2n) is 4.58. The van der Waals surface area contributed by atoms with Crippen LogP contribution in [0, 0.1) is 0 Å². The summed E-state index contributed by atoms with van der Waals surface area (Å²) in [7, 11) is 0. The highest BCUT2D eigenvalue weighted by molar-refractivity contribution is 9.10. The number of nitrogens with one attached hydrogen (secondary N) is 2. The van der Waals surface area contributed by atoms with E-state index in [1.54, 1.807) is 0 Å². The number of hydrogen-bond donors (Lipinski definition) is 2. The van der Waals surface area contributed by atoms with Gasteiger partial charge in [0.25, 0.3) is 0 Å². The lowest BCUT2D eigenvalue weighted by molar-refractivity contribution is -0.118. The van der Waals surface area contributed by atoms with Crippen molar-refractivity contribution < 1.29 is 4.79 Å². The van der Waals surface area contributed by atoms with Crippen LogP contribution in [0.15, 0.2) is 39.9 Å². The summed E-state index contributed by atoms with van der Waals surface area (Å²) in [6.07, 6.45) is 0. The van der Waals surface area contributed by atoms with Crippen LogP contribution in [-0.2, 0) is 4.79 Å². The van der Waals surface area contributed by atoms with Crippen LogP contribution in [0.2, 0.25) is 0 Å². The minimum absolute atomic E-state index is 0.0126. The number of benzene rings is 1. The van der Waals surface area contributed by atoms with Gasteiger partial charge in [-0.3, -0.25) is 4.79 Å². The number of carbonyl (C=O) groups excluding carboxylic acids is 1. The van der Waals surface area contributed by atoms with Crippen molar-refractivity contribution in [2.45, 2.75) is 19.9 Å². The third-order valence-electron chi connectivity index (χ3n) is 3.24. The molecule has 1 aliphatic heterocycles. The summed E-state index contributed by atoms with van der Waals surface area (Å²) in [4.78, 5) is 12.0. The first-order valence-corrected chi connectivity index (χ1v) is 6.83. The third kappa shape index (κ3) is 3.00. The highest BCUT2D eigenvalue weighted by atomic mass is 79.9. The molecule has 2 N–H and O–H groups in total. The van der Waals surface area contributed by atoms with Gasteiger partial charge in [-0.1, -0.05) is 28.1 Å². The Balaban J connectivity index is 2.03. The average Bonchev–Trinajstić information content (AvgIpc) is 2.26. The summed E-state index contributed by atoms with van der Waals surface area (Å²) in [5.41, 5.74) is 3.15. The zero-order valence-electron chi connectivity index (χ0n) is 10.6. The maximum atomic E-state index is 12.0. The van der Waals surface area contributed by atoms with Gasteiger partial charge in [-0.05, 0) is 37.1 Å². The van der Waals surface area contributed by atoms with E-state index in [-0.39, 0.29) is 11.9 Å². The van der Waals surface area contributed by atoms with E-state index in [2.05, 4.69) is 26.6 Å². The minimum atomic E-state index is 0.0126. The summed E-state index contributed by atoms with van der Waals surface area (Å²) in [5, 5.41) is 6.17.